The molecule has 2 saturated carbocycles. The highest BCUT2D eigenvalue weighted by atomic mass is 16.5. The van der Waals surface area contributed by atoms with E-state index in [1.54, 1.807) is 37.4 Å². The van der Waals surface area contributed by atoms with E-state index in [-0.39, 0.29) is 30.3 Å². The molecule has 0 unspecified atom stereocenters. The Labute approximate surface area is 335 Å². The van der Waals surface area contributed by atoms with Crippen molar-refractivity contribution in [2.24, 2.45) is 11.8 Å². The van der Waals surface area contributed by atoms with Crippen molar-refractivity contribution >= 4 is 0 Å². The van der Waals surface area contributed by atoms with E-state index >= 15 is 0 Å². The van der Waals surface area contributed by atoms with E-state index in [9.17, 15) is 20.4 Å². The van der Waals surface area contributed by atoms with Crippen molar-refractivity contribution in [3.8, 4) is 45.6 Å². The molecule has 0 amide bonds. The predicted molar refractivity (Wildman–Crippen MR) is 217 cm³/mol. The molecule has 5 N–H and O–H groups in total. The fourth-order valence-corrected chi connectivity index (χ4v) is 9.60. The quantitative estimate of drug-likeness (QED) is 0.0795. The van der Waals surface area contributed by atoms with E-state index in [0.717, 1.165) is 91.4 Å². The molecule has 4 aliphatic rings. The third kappa shape index (κ3) is 8.56. The van der Waals surface area contributed by atoms with E-state index in [2.05, 4.69) is 5.32 Å². The van der Waals surface area contributed by atoms with E-state index < -0.39 is 30.1 Å². The fraction of sp³-hybridized carbons (Fsp3) is 0.489. The zero-order valence-corrected chi connectivity index (χ0v) is 33.1. The lowest BCUT2D eigenvalue weighted by molar-refractivity contribution is -0.0890. The van der Waals surface area contributed by atoms with Gasteiger partial charge in [0.2, 0.25) is 0 Å². The van der Waals surface area contributed by atoms with E-state index in [1.807, 2.05) is 43.4 Å². The molecular formula is C47H57NO9. The summed E-state index contributed by atoms with van der Waals surface area (Å²) in [7, 11) is 3.59. The number of phenolic OH excluding ortho intramolecular Hbond substituents is 2. The number of hydrogen-bond acceptors (Lipinski definition) is 10. The van der Waals surface area contributed by atoms with Crippen molar-refractivity contribution in [1.29, 1.82) is 0 Å². The molecule has 0 radical (unpaired) electrons. The maximum atomic E-state index is 12.5. The summed E-state index contributed by atoms with van der Waals surface area (Å²) in [6.07, 6.45) is 8.09. The average Bonchev–Trinajstić information content (AvgIpc) is 3.92. The van der Waals surface area contributed by atoms with Crippen LogP contribution in [0.4, 0.5) is 0 Å². The number of phenols is 2. The molecule has 304 valence electrons. The lowest BCUT2D eigenvalue weighted by Gasteiger charge is -2.45. The number of methoxy groups -OCH3 is 1. The number of ether oxygens (including phenoxy) is 5. The zero-order valence-electron chi connectivity index (χ0n) is 33.1. The summed E-state index contributed by atoms with van der Waals surface area (Å²) in [5.41, 5.74) is 5.59. The molecule has 0 saturated heterocycles. The molecule has 4 aromatic carbocycles. The number of aliphatic hydroxyl groups is 2. The summed E-state index contributed by atoms with van der Waals surface area (Å²) >= 11 is 0. The third-order valence-electron chi connectivity index (χ3n) is 12.4. The second kappa shape index (κ2) is 17.6. The molecule has 0 aromatic heterocycles. The first-order valence-corrected chi connectivity index (χ1v) is 20.9. The van der Waals surface area contributed by atoms with Gasteiger partial charge in [0.15, 0.2) is 0 Å². The minimum Gasteiger partial charge on any atom is -0.508 e. The van der Waals surface area contributed by atoms with Gasteiger partial charge >= 0.3 is 0 Å². The molecule has 8 rings (SSSR count). The van der Waals surface area contributed by atoms with Gasteiger partial charge in [-0.3, -0.25) is 0 Å². The van der Waals surface area contributed by atoms with Gasteiger partial charge in [-0.2, -0.15) is 0 Å². The standard InChI is InChI=1S/C47H57NO9/c1-48-26-31-23-43-38(25-42(31)56-35-13-5-6-14-35)46(52)44(41(57-43)15-8-18-53-2)40-27-54-47-30(22-36(24-39(47)45(40)51)55-34-11-3-4-12-34)19-29-21-33(50)16-17-37(29)28-9-7-10-32(49)20-28/h7,9-10,16-17,20-25,34-35,40-41,44-46,48-52H,3-6,8,11-15,18-19,26-27H2,1-2H3/t40-,41+,44+,45+,46-/m0/s1. The number of aliphatic hydroxyl groups excluding tert-OH is 2. The topological polar surface area (TPSA) is 139 Å². The molecule has 10 heteroatoms. The van der Waals surface area contributed by atoms with Gasteiger partial charge in [-0.1, -0.05) is 18.2 Å². The largest absolute Gasteiger partial charge is 0.508 e. The second-order valence-electron chi connectivity index (χ2n) is 16.4. The Kier molecular flexibility index (Phi) is 12.1. The highest BCUT2D eigenvalue weighted by Gasteiger charge is 2.48. The van der Waals surface area contributed by atoms with Crippen LogP contribution in [0.2, 0.25) is 0 Å². The lowest BCUT2D eigenvalue weighted by atomic mass is 9.72. The van der Waals surface area contributed by atoms with Gasteiger partial charge in [-0.15, -0.1) is 0 Å². The first-order valence-electron chi connectivity index (χ1n) is 20.9. The Morgan fingerprint density at radius 2 is 1.53 bits per heavy atom. The summed E-state index contributed by atoms with van der Waals surface area (Å²) in [6.45, 7) is 1.31. The molecule has 5 atom stereocenters. The SMILES string of the molecule is CNCc1cc2c(cc1OC1CCCC1)[C@H](O)[C@H]([C@@H]1COc3c(Cc4cc(O)ccc4-c4cccc(O)c4)cc(OC4CCCC4)cc3[C@H]1O)[C@@H](CCCOC)O2. The molecule has 57 heavy (non-hydrogen) atoms. The van der Waals surface area contributed by atoms with E-state index in [4.69, 9.17) is 23.7 Å². The minimum absolute atomic E-state index is 0.0839. The molecule has 2 aliphatic heterocycles. The number of nitrogens with one attached hydrogen (secondary N) is 1. The smallest absolute Gasteiger partial charge is 0.128 e. The summed E-state index contributed by atoms with van der Waals surface area (Å²) in [5, 5.41) is 49.2. The number of aromatic hydroxyl groups is 2. The molecule has 2 aliphatic carbocycles. The first kappa shape index (κ1) is 39.4. The van der Waals surface area contributed by atoms with Gasteiger partial charge < -0.3 is 49.4 Å². The number of fused-ring (bicyclic) bond motifs is 2. The van der Waals surface area contributed by atoms with Gasteiger partial charge in [0.25, 0.3) is 0 Å². The molecule has 10 nitrogen and oxygen atoms in total. The highest BCUT2D eigenvalue weighted by Crippen LogP contribution is 2.52. The van der Waals surface area contributed by atoms with Crippen LogP contribution in [-0.4, -0.2) is 66.1 Å². The summed E-state index contributed by atoms with van der Waals surface area (Å²) in [6, 6.07) is 20.2. The fourth-order valence-electron chi connectivity index (χ4n) is 9.60. The van der Waals surface area contributed by atoms with Crippen LogP contribution in [0.25, 0.3) is 11.1 Å². The van der Waals surface area contributed by atoms with Crippen LogP contribution in [0.15, 0.2) is 66.7 Å². The second-order valence-corrected chi connectivity index (χ2v) is 16.4. The van der Waals surface area contributed by atoms with Crippen molar-refractivity contribution in [2.75, 3.05) is 27.4 Å². The van der Waals surface area contributed by atoms with Crippen molar-refractivity contribution in [3.05, 3.63) is 94.5 Å². The van der Waals surface area contributed by atoms with Gasteiger partial charge in [0, 0.05) is 60.8 Å². The van der Waals surface area contributed by atoms with Crippen LogP contribution in [0.5, 0.6) is 34.5 Å². The van der Waals surface area contributed by atoms with Crippen molar-refractivity contribution in [1.82, 2.24) is 5.32 Å². The zero-order chi connectivity index (χ0) is 39.5. The van der Waals surface area contributed by atoms with Crippen LogP contribution in [-0.2, 0) is 17.7 Å². The van der Waals surface area contributed by atoms with Crippen LogP contribution >= 0.6 is 0 Å². The third-order valence-corrected chi connectivity index (χ3v) is 12.4. The van der Waals surface area contributed by atoms with Crippen molar-refractivity contribution in [2.45, 2.75) is 108 Å². The Balaban J connectivity index is 1.16. The Hall–Kier alpha value is -4.48. The van der Waals surface area contributed by atoms with E-state index in [0.29, 0.717) is 54.4 Å². The predicted octanol–water partition coefficient (Wildman–Crippen LogP) is 8.30. The van der Waals surface area contributed by atoms with Gasteiger partial charge in [-0.25, -0.2) is 0 Å². The van der Waals surface area contributed by atoms with E-state index in [1.165, 1.54) is 0 Å². The normalized spacial score (nSPS) is 23.4. The first-order chi connectivity index (χ1) is 27.8. The number of benzene rings is 4. The molecule has 0 spiro atoms. The molecule has 4 aromatic rings. The molecule has 2 fully saturated rings. The molecule has 2 heterocycles. The Bertz CT molecular complexity index is 2010. The van der Waals surface area contributed by atoms with Crippen molar-refractivity contribution < 1.29 is 44.1 Å². The highest BCUT2D eigenvalue weighted by molar-refractivity contribution is 5.70. The van der Waals surface area contributed by atoms with Crippen LogP contribution in [0.3, 0.4) is 0 Å². The van der Waals surface area contributed by atoms with Crippen LogP contribution in [0.1, 0.15) is 104 Å². The summed E-state index contributed by atoms with van der Waals surface area (Å²) in [4.78, 5) is 0. The molecule has 0 bridgehead atoms. The van der Waals surface area contributed by atoms with Gasteiger partial charge in [0.05, 0.1) is 31.0 Å². The summed E-state index contributed by atoms with van der Waals surface area (Å²) < 4.78 is 32.1. The van der Waals surface area contributed by atoms with Gasteiger partial charge in [-0.05, 0) is 136 Å². The Morgan fingerprint density at radius 1 is 0.772 bits per heavy atom. The van der Waals surface area contributed by atoms with Crippen molar-refractivity contribution in [3.63, 3.8) is 0 Å². The molecular weight excluding hydrogens is 723 g/mol. The minimum atomic E-state index is -0.998. The average molecular weight is 780 g/mol. The maximum absolute atomic E-state index is 12.5. The monoisotopic (exact) mass is 779 g/mol. The number of rotatable bonds is 14. The van der Waals surface area contributed by atoms with Crippen LogP contribution < -0.4 is 24.3 Å². The lowest BCUT2D eigenvalue weighted by Crippen LogP contribution is -2.46. The van der Waals surface area contributed by atoms with Crippen LogP contribution in [0, 0.1) is 11.8 Å². The number of hydrogen-bond donors (Lipinski definition) is 5. The van der Waals surface area contributed by atoms with Gasteiger partial charge in [0.1, 0.15) is 40.6 Å². The maximum Gasteiger partial charge on any atom is 0.128 e. The Morgan fingerprint density at radius 3 is 2.26 bits per heavy atom. The summed E-state index contributed by atoms with van der Waals surface area (Å²) in [5.74, 6) is 1.90.